The summed E-state index contributed by atoms with van der Waals surface area (Å²) in [5.41, 5.74) is 3.90. The number of aromatic nitrogens is 1. The van der Waals surface area contributed by atoms with Crippen LogP contribution in [0.2, 0.25) is 0 Å². The van der Waals surface area contributed by atoms with Crippen LogP contribution in [0.4, 0.5) is 0 Å². The van der Waals surface area contributed by atoms with Crippen LogP contribution in [0.25, 0.3) is 0 Å². The standard InChI is InChI=1S/C17H20N2/c1-13-7-8-15(11-19-13)16-9-10-18-12-17(16)14-5-3-2-4-6-14/h2-8,11,16-18H,9-10,12H2,1H3. The maximum Gasteiger partial charge on any atom is 0.0372 e. The van der Waals surface area contributed by atoms with Gasteiger partial charge in [0.25, 0.3) is 0 Å². The number of benzene rings is 1. The summed E-state index contributed by atoms with van der Waals surface area (Å²) in [4.78, 5) is 4.46. The SMILES string of the molecule is Cc1ccc(C2CCNCC2c2ccccc2)cn1. The predicted octanol–water partition coefficient (Wildman–Crippen LogP) is 3.25. The average Bonchev–Trinajstić information content (AvgIpc) is 2.49. The van der Waals surface area contributed by atoms with Gasteiger partial charge in [-0.15, -0.1) is 0 Å². The highest BCUT2D eigenvalue weighted by molar-refractivity contribution is 5.29. The maximum absolute atomic E-state index is 4.46. The molecule has 0 aliphatic carbocycles. The van der Waals surface area contributed by atoms with Crippen molar-refractivity contribution in [3.63, 3.8) is 0 Å². The van der Waals surface area contributed by atoms with Crippen molar-refractivity contribution in [1.82, 2.24) is 10.3 Å². The van der Waals surface area contributed by atoms with Crippen LogP contribution in [0, 0.1) is 6.92 Å². The molecule has 1 aromatic heterocycles. The van der Waals surface area contributed by atoms with Crippen LogP contribution in [0.3, 0.4) is 0 Å². The lowest BCUT2D eigenvalue weighted by molar-refractivity contribution is 0.403. The Morgan fingerprint density at radius 2 is 1.84 bits per heavy atom. The van der Waals surface area contributed by atoms with E-state index in [1.54, 1.807) is 0 Å². The number of hydrogen-bond acceptors (Lipinski definition) is 2. The fraction of sp³-hybridized carbons (Fsp3) is 0.353. The highest BCUT2D eigenvalue weighted by atomic mass is 14.9. The summed E-state index contributed by atoms with van der Waals surface area (Å²) in [5.74, 6) is 1.14. The first-order valence-electron chi connectivity index (χ1n) is 7.03. The van der Waals surface area contributed by atoms with Gasteiger partial charge in [0, 0.05) is 24.4 Å². The zero-order valence-electron chi connectivity index (χ0n) is 11.3. The smallest absolute Gasteiger partial charge is 0.0372 e. The monoisotopic (exact) mass is 252 g/mol. The molecule has 0 spiro atoms. The summed E-state index contributed by atoms with van der Waals surface area (Å²) < 4.78 is 0. The van der Waals surface area contributed by atoms with Crippen LogP contribution in [0.1, 0.15) is 35.1 Å². The van der Waals surface area contributed by atoms with E-state index in [9.17, 15) is 0 Å². The van der Waals surface area contributed by atoms with E-state index in [4.69, 9.17) is 0 Å². The Hall–Kier alpha value is -1.67. The highest BCUT2D eigenvalue weighted by Gasteiger charge is 2.27. The molecule has 0 amide bonds. The van der Waals surface area contributed by atoms with E-state index < -0.39 is 0 Å². The summed E-state index contributed by atoms with van der Waals surface area (Å²) in [7, 11) is 0. The number of rotatable bonds is 2. The third kappa shape index (κ3) is 2.69. The number of aryl methyl sites for hydroxylation is 1. The van der Waals surface area contributed by atoms with Gasteiger partial charge in [-0.2, -0.15) is 0 Å². The van der Waals surface area contributed by atoms with Crippen molar-refractivity contribution in [1.29, 1.82) is 0 Å². The molecule has 0 bridgehead atoms. The molecule has 3 rings (SSSR count). The van der Waals surface area contributed by atoms with Crippen molar-refractivity contribution in [2.24, 2.45) is 0 Å². The van der Waals surface area contributed by atoms with E-state index in [1.807, 2.05) is 6.92 Å². The van der Waals surface area contributed by atoms with Crippen molar-refractivity contribution in [3.8, 4) is 0 Å². The number of nitrogens with one attached hydrogen (secondary N) is 1. The molecule has 1 saturated heterocycles. The van der Waals surface area contributed by atoms with E-state index in [0.29, 0.717) is 11.8 Å². The molecule has 1 fully saturated rings. The number of pyridine rings is 1. The third-order valence-corrected chi connectivity index (χ3v) is 4.07. The minimum atomic E-state index is 0.555. The Kier molecular flexibility index (Phi) is 3.60. The molecule has 1 aromatic carbocycles. The highest BCUT2D eigenvalue weighted by Crippen LogP contribution is 2.36. The normalized spacial score (nSPS) is 23.2. The van der Waals surface area contributed by atoms with Crippen molar-refractivity contribution in [2.75, 3.05) is 13.1 Å². The summed E-state index contributed by atoms with van der Waals surface area (Å²) in [6.45, 7) is 4.20. The topological polar surface area (TPSA) is 24.9 Å². The second-order valence-electron chi connectivity index (χ2n) is 5.35. The molecule has 2 unspecified atom stereocenters. The molecule has 2 aromatic rings. The second kappa shape index (κ2) is 5.54. The van der Waals surface area contributed by atoms with Crippen LogP contribution in [0.5, 0.6) is 0 Å². The fourth-order valence-electron chi connectivity index (χ4n) is 3.01. The molecule has 0 radical (unpaired) electrons. The lowest BCUT2D eigenvalue weighted by atomic mass is 9.78. The van der Waals surface area contributed by atoms with Crippen LogP contribution in [-0.2, 0) is 0 Å². The Morgan fingerprint density at radius 3 is 2.58 bits per heavy atom. The molecule has 2 heterocycles. The van der Waals surface area contributed by atoms with Crippen molar-refractivity contribution in [3.05, 3.63) is 65.5 Å². The molecule has 2 nitrogen and oxygen atoms in total. The van der Waals surface area contributed by atoms with Gasteiger partial charge in [-0.25, -0.2) is 0 Å². The quantitative estimate of drug-likeness (QED) is 0.887. The van der Waals surface area contributed by atoms with Gasteiger partial charge in [0.05, 0.1) is 0 Å². The van der Waals surface area contributed by atoms with Crippen LogP contribution in [0.15, 0.2) is 48.7 Å². The molecule has 1 N–H and O–H groups in total. The summed E-state index contributed by atoms with van der Waals surface area (Å²) >= 11 is 0. The number of hydrogen-bond donors (Lipinski definition) is 1. The average molecular weight is 252 g/mol. The maximum atomic E-state index is 4.46. The van der Waals surface area contributed by atoms with E-state index in [0.717, 1.165) is 18.8 Å². The second-order valence-corrected chi connectivity index (χ2v) is 5.35. The van der Waals surface area contributed by atoms with Crippen molar-refractivity contribution in [2.45, 2.75) is 25.2 Å². The Morgan fingerprint density at radius 1 is 1.00 bits per heavy atom. The molecule has 2 heteroatoms. The fourth-order valence-corrected chi connectivity index (χ4v) is 3.01. The zero-order chi connectivity index (χ0) is 13.1. The first-order valence-corrected chi connectivity index (χ1v) is 7.03. The first kappa shape index (κ1) is 12.4. The van der Waals surface area contributed by atoms with Gasteiger partial charge in [-0.3, -0.25) is 4.98 Å². The van der Waals surface area contributed by atoms with Gasteiger partial charge >= 0.3 is 0 Å². The zero-order valence-corrected chi connectivity index (χ0v) is 11.3. The molecule has 1 aliphatic heterocycles. The lowest BCUT2D eigenvalue weighted by Crippen LogP contribution is -2.34. The summed E-state index contributed by atoms with van der Waals surface area (Å²) in [6, 6.07) is 15.2. The van der Waals surface area contributed by atoms with E-state index >= 15 is 0 Å². The predicted molar refractivity (Wildman–Crippen MR) is 78.4 cm³/mol. The summed E-state index contributed by atoms with van der Waals surface area (Å²) in [6.07, 6.45) is 3.24. The molecule has 2 atom stereocenters. The van der Waals surface area contributed by atoms with Crippen LogP contribution in [-0.4, -0.2) is 18.1 Å². The molecule has 1 aliphatic rings. The minimum absolute atomic E-state index is 0.555. The Labute approximate surface area is 114 Å². The number of piperidine rings is 1. The Balaban J connectivity index is 1.91. The molecule has 19 heavy (non-hydrogen) atoms. The molecular weight excluding hydrogens is 232 g/mol. The summed E-state index contributed by atoms with van der Waals surface area (Å²) in [5, 5.41) is 3.52. The molecule has 0 saturated carbocycles. The van der Waals surface area contributed by atoms with Gasteiger partial charge < -0.3 is 5.32 Å². The van der Waals surface area contributed by atoms with E-state index in [-0.39, 0.29) is 0 Å². The van der Waals surface area contributed by atoms with Crippen molar-refractivity contribution >= 4 is 0 Å². The van der Waals surface area contributed by atoms with Crippen molar-refractivity contribution < 1.29 is 0 Å². The third-order valence-electron chi connectivity index (χ3n) is 4.07. The Bertz CT molecular complexity index is 519. The first-order chi connectivity index (χ1) is 9.34. The van der Waals surface area contributed by atoms with E-state index in [2.05, 4.69) is 59.0 Å². The lowest BCUT2D eigenvalue weighted by Gasteiger charge is -2.32. The van der Waals surface area contributed by atoms with Gasteiger partial charge in [0.2, 0.25) is 0 Å². The van der Waals surface area contributed by atoms with E-state index in [1.165, 1.54) is 17.5 Å². The van der Waals surface area contributed by atoms with Gasteiger partial charge in [0.1, 0.15) is 0 Å². The minimum Gasteiger partial charge on any atom is -0.316 e. The van der Waals surface area contributed by atoms with Gasteiger partial charge in [-0.05, 0) is 43.0 Å². The van der Waals surface area contributed by atoms with Gasteiger partial charge in [0.15, 0.2) is 0 Å². The van der Waals surface area contributed by atoms with Crippen LogP contribution >= 0.6 is 0 Å². The van der Waals surface area contributed by atoms with Gasteiger partial charge in [-0.1, -0.05) is 36.4 Å². The molecule has 98 valence electrons. The van der Waals surface area contributed by atoms with Crippen LogP contribution < -0.4 is 5.32 Å². The molecular formula is C17H20N2. The largest absolute Gasteiger partial charge is 0.316 e. The number of nitrogens with zero attached hydrogens (tertiary/aromatic N) is 1.